The van der Waals surface area contributed by atoms with Gasteiger partial charge in [0.15, 0.2) is 0 Å². The smallest absolute Gasteiger partial charge is 0.304 e. The van der Waals surface area contributed by atoms with E-state index in [0.29, 0.717) is 19.5 Å². The number of aliphatic carboxylic acids is 1. The molecule has 1 aromatic carbocycles. The van der Waals surface area contributed by atoms with Crippen molar-refractivity contribution in [3.05, 3.63) is 34.9 Å². The predicted octanol–water partition coefficient (Wildman–Crippen LogP) is 1.41. The summed E-state index contributed by atoms with van der Waals surface area (Å²) in [5, 5.41) is 14.9. The van der Waals surface area contributed by atoms with Crippen molar-refractivity contribution in [2.45, 2.75) is 39.7 Å². The Morgan fingerprint density at radius 2 is 1.95 bits per heavy atom. The highest BCUT2D eigenvalue weighted by Gasteiger charge is 2.14. The normalized spacial score (nSPS) is 12.0. The van der Waals surface area contributed by atoms with Crippen molar-refractivity contribution < 1.29 is 14.7 Å². The highest BCUT2D eigenvalue weighted by Crippen LogP contribution is 2.14. The fraction of sp³-hybridized carbons (Fsp3) is 0.500. The lowest BCUT2D eigenvalue weighted by Gasteiger charge is -2.18. The molecule has 0 fully saturated rings. The third-order valence-electron chi connectivity index (χ3n) is 3.32. The minimum Gasteiger partial charge on any atom is -0.481 e. The molecule has 0 bridgehead atoms. The molecule has 3 N–H and O–H groups in total. The summed E-state index contributed by atoms with van der Waals surface area (Å²) in [6, 6.07) is 6.06. The molecule has 1 rings (SSSR count). The van der Waals surface area contributed by atoms with Gasteiger partial charge in [0.25, 0.3) is 0 Å². The van der Waals surface area contributed by atoms with Crippen LogP contribution in [0.15, 0.2) is 18.2 Å². The zero-order chi connectivity index (χ0) is 15.8. The van der Waals surface area contributed by atoms with E-state index in [1.807, 2.05) is 13.8 Å². The zero-order valence-electron chi connectivity index (χ0n) is 12.9. The van der Waals surface area contributed by atoms with Crippen LogP contribution in [0.4, 0.5) is 0 Å². The van der Waals surface area contributed by atoms with Gasteiger partial charge in [0.1, 0.15) is 0 Å². The van der Waals surface area contributed by atoms with Crippen LogP contribution >= 0.6 is 0 Å². The van der Waals surface area contributed by atoms with Gasteiger partial charge in [-0.15, -0.1) is 0 Å². The zero-order valence-corrected chi connectivity index (χ0v) is 12.9. The number of amides is 1. The summed E-state index contributed by atoms with van der Waals surface area (Å²) < 4.78 is 0. The molecule has 5 nitrogen and oxygen atoms in total. The summed E-state index contributed by atoms with van der Waals surface area (Å²) in [5.41, 5.74) is 3.50. The number of hydrogen-bond acceptors (Lipinski definition) is 3. The number of aryl methyl sites for hydroxylation is 2. The average molecular weight is 292 g/mol. The van der Waals surface area contributed by atoms with Crippen molar-refractivity contribution in [3.63, 3.8) is 0 Å². The van der Waals surface area contributed by atoms with Crippen LogP contribution in [0.3, 0.4) is 0 Å². The van der Waals surface area contributed by atoms with Gasteiger partial charge in [0.05, 0.1) is 6.42 Å². The van der Waals surface area contributed by atoms with Gasteiger partial charge in [-0.25, -0.2) is 0 Å². The summed E-state index contributed by atoms with van der Waals surface area (Å²) >= 11 is 0. The van der Waals surface area contributed by atoms with E-state index in [-0.39, 0.29) is 18.4 Å². The molecule has 0 radical (unpaired) electrons. The minimum atomic E-state index is -0.822. The van der Waals surface area contributed by atoms with Crippen molar-refractivity contribution in [1.29, 1.82) is 0 Å². The van der Waals surface area contributed by atoms with Crippen molar-refractivity contribution in [2.75, 3.05) is 13.1 Å². The molecule has 5 heteroatoms. The van der Waals surface area contributed by atoms with E-state index in [1.54, 1.807) is 0 Å². The highest BCUT2D eigenvalue weighted by atomic mass is 16.4. The van der Waals surface area contributed by atoms with Gasteiger partial charge in [0.2, 0.25) is 5.91 Å². The van der Waals surface area contributed by atoms with Crippen molar-refractivity contribution >= 4 is 11.9 Å². The van der Waals surface area contributed by atoms with Crippen LogP contribution in [0.25, 0.3) is 0 Å². The van der Waals surface area contributed by atoms with E-state index in [4.69, 9.17) is 5.11 Å². The van der Waals surface area contributed by atoms with Gasteiger partial charge in [-0.1, -0.05) is 23.8 Å². The standard InChI is InChI=1S/C16H24N2O3/c1-11-4-5-12(2)14(8-11)9-15(10-16(20)21)18-7-6-17-13(3)19/h4-5,8,15,18H,6-7,9-10H2,1-3H3,(H,17,19)(H,20,21). The first kappa shape index (κ1) is 17.2. The quantitative estimate of drug-likeness (QED) is 0.633. The Morgan fingerprint density at radius 1 is 1.24 bits per heavy atom. The predicted molar refractivity (Wildman–Crippen MR) is 82.3 cm³/mol. The van der Waals surface area contributed by atoms with Gasteiger partial charge >= 0.3 is 5.97 Å². The Kier molecular flexibility index (Phi) is 6.88. The SMILES string of the molecule is CC(=O)NCCNC(CC(=O)O)Cc1cc(C)ccc1C. The maximum Gasteiger partial charge on any atom is 0.304 e. The summed E-state index contributed by atoms with van der Waals surface area (Å²) in [5.74, 6) is -0.904. The number of nitrogens with one attached hydrogen (secondary N) is 2. The van der Waals surface area contributed by atoms with Crippen LogP contribution < -0.4 is 10.6 Å². The van der Waals surface area contributed by atoms with Gasteiger partial charge in [-0.05, 0) is 31.4 Å². The minimum absolute atomic E-state index is 0.0629. The molecule has 21 heavy (non-hydrogen) atoms. The number of rotatable bonds is 8. The molecule has 0 spiro atoms. The molecule has 0 heterocycles. The topological polar surface area (TPSA) is 78.4 Å². The van der Waals surface area contributed by atoms with E-state index in [9.17, 15) is 9.59 Å². The van der Waals surface area contributed by atoms with E-state index >= 15 is 0 Å². The first-order valence-corrected chi connectivity index (χ1v) is 7.14. The summed E-state index contributed by atoms with van der Waals surface area (Å²) in [6.45, 7) is 6.58. The molecular weight excluding hydrogens is 268 g/mol. The summed E-state index contributed by atoms with van der Waals surface area (Å²) in [4.78, 5) is 21.8. The second kappa shape index (κ2) is 8.42. The maximum atomic E-state index is 11.0. The second-order valence-electron chi connectivity index (χ2n) is 5.37. The Bertz CT molecular complexity index is 500. The lowest BCUT2D eigenvalue weighted by Crippen LogP contribution is -2.39. The van der Waals surface area contributed by atoms with Crippen LogP contribution in [0.1, 0.15) is 30.0 Å². The van der Waals surface area contributed by atoms with Crippen molar-refractivity contribution in [3.8, 4) is 0 Å². The fourth-order valence-electron chi connectivity index (χ4n) is 2.23. The first-order chi connectivity index (χ1) is 9.88. The van der Waals surface area contributed by atoms with E-state index in [2.05, 4.69) is 28.8 Å². The summed E-state index contributed by atoms with van der Waals surface area (Å²) in [7, 11) is 0. The van der Waals surface area contributed by atoms with Crippen molar-refractivity contribution in [1.82, 2.24) is 10.6 Å². The lowest BCUT2D eigenvalue weighted by molar-refractivity contribution is -0.137. The van der Waals surface area contributed by atoms with E-state index in [0.717, 1.165) is 5.56 Å². The van der Waals surface area contributed by atoms with Crippen LogP contribution in [0, 0.1) is 13.8 Å². The number of benzene rings is 1. The second-order valence-corrected chi connectivity index (χ2v) is 5.37. The van der Waals surface area contributed by atoms with Crippen LogP contribution in [-0.4, -0.2) is 36.1 Å². The van der Waals surface area contributed by atoms with Gasteiger partial charge < -0.3 is 15.7 Å². The largest absolute Gasteiger partial charge is 0.481 e. The molecule has 0 saturated carbocycles. The van der Waals surface area contributed by atoms with Crippen LogP contribution in [-0.2, 0) is 16.0 Å². The number of hydrogen-bond donors (Lipinski definition) is 3. The Balaban J connectivity index is 2.62. The molecule has 116 valence electrons. The number of carboxylic acids is 1. The molecule has 0 aliphatic heterocycles. The third kappa shape index (κ3) is 6.90. The van der Waals surface area contributed by atoms with Crippen LogP contribution in [0.5, 0.6) is 0 Å². The van der Waals surface area contributed by atoms with Crippen molar-refractivity contribution in [2.24, 2.45) is 0 Å². The monoisotopic (exact) mass is 292 g/mol. The Labute approximate surface area is 125 Å². The fourth-order valence-corrected chi connectivity index (χ4v) is 2.23. The first-order valence-electron chi connectivity index (χ1n) is 7.14. The average Bonchev–Trinajstić information content (AvgIpc) is 2.38. The molecule has 1 aromatic rings. The molecule has 0 aliphatic rings. The molecule has 1 atom stereocenters. The van der Waals surface area contributed by atoms with Gasteiger partial charge in [-0.2, -0.15) is 0 Å². The van der Waals surface area contributed by atoms with Gasteiger partial charge in [-0.3, -0.25) is 9.59 Å². The highest BCUT2D eigenvalue weighted by molar-refractivity contribution is 5.72. The Hall–Kier alpha value is -1.88. The molecule has 1 unspecified atom stereocenters. The molecular formula is C16H24N2O3. The third-order valence-corrected chi connectivity index (χ3v) is 3.32. The van der Waals surface area contributed by atoms with E-state index < -0.39 is 5.97 Å². The summed E-state index contributed by atoms with van der Waals surface area (Å²) in [6.07, 6.45) is 0.730. The number of carbonyl (C=O) groups is 2. The number of carbonyl (C=O) groups excluding carboxylic acids is 1. The molecule has 0 aliphatic carbocycles. The maximum absolute atomic E-state index is 11.0. The van der Waals surface area contributed by atoms with Gasteiger partial charge in [0, 0.05) is 26.1 Å². The number of carboxylic acid groups (broad SMARTS) is 1. The lowest BCUT2D eigenvalue weighted by atomic mass is 9.97. The molecule has 0 saturated heterocycles. The molecule has 1 amide bonds. The Morgan fingerprint density at radius 3 is 2.57 bits per heavy atom. The van der Waals surface area contributed by atoms with Crippen LogP contribution in [0.2, 0.25) is 0 Å². The van der Waals surface area contributed by atoms with E-state index in [1.165, 1.54) is 18.1 Å². The molecule has 0 aromatic heterocycles.